The van der Waals surface area contributed by atoms with Gasteiger partial charge in [-0.05, 0) is 44.8 Å². The Balaban J connectivity index is 2.44. The molecule has 0 aromatic carbocycles. The van der Waals surface area contributed by atoms with Crippen LogP contribution in [-0.2, 0) is 4.79 Å². The van der Waals surface area contributed by atoms with E-state index in [1.807, 2.05) is 0 Å². The summed E-state index contributed by atoms with van der Waals surface area (Å²) >= 11 is 0. The van der Waals surface area contributed by atoms with Gasteiger partial charge in [0.25, 0.3) is 0 Å². The number of aliphatic carboxylic acids is 1. The summed E-state index contributed by atoms with van der Waals surface area (Å²) in [6, 6.07) is 0. The van der Waals surface area contributed by atoms with E-state index in [-0.39, 0.29) is 5.92 Å². The van der Waals surface area contributed by atoms with Gasteiger partial charge in [-0.25, -0.2) is 0 Å². The van der Waals surface area contributed by atoms with Crippen LogP contribution in [0.1, 0.15) is 46.0 Å². The maximum atomic E-state index is 11.5. The minimum absolute atomic E-state index is 0.230. The average Bonchev–Trinajstić information content (AvgIpc) is 2.31. The van der Waals surface area contributed by atoms with Crippen molar-refractivity contribution in [2.24, 2.45) is 5.92 Å². The Morgan fingerprint density at radius 3 is 2.76 bits per heavy atom. The van der Waals surface area contributed by atoms with E-state index in [4.69, 9.17) is 0 Å². The van der Waals surface area contributed by atoms with E-state index in [2.05, 4.69) is 24.5 Å². The van der Waals surface area contributed by atoms with Gasteiger partial charge in [-0.15, -0.1) is 0 Å². The van der Waals surface area contributed by atoms with Crippen LogP contribution in [0.15, 0.2) is 0 Å². The first kappa shape index (κ1) is 14.5. The highest BCUT2D eigenvalue weighted by Gasteiger charge is 2.44. The molecule has 4 nitrogen and oxygen atoms in total. The highest BCUT2D eigenvalue weighted by molar-refractivity contribution is 5.79. The van der Waals surface area contributed by atoms with Gasteiger partial charge in [0.2, 0.25) is 0 Å². The van der Waals surface area contributed by atoms with Crippen LogP contribution in [0.25, 0.3) is 0 Å². The van der Waals surface area contributed by atoms with Gasteiger partial charge >= 0.3 is 5.97 Å². The van der Waals surface area contributed by atoms with Crippen molar-refractivity contribution in [2.45, 2.75) is 51.5 Å². The van der Waals surface area contributed by atoms with Gasteiger partial charge in [-0.3, -0.25) is 4.79 Å². The normalized spacial score (nSPS) is 29.2. The summed E-state index contributed by atoms with van der Waals surface area (Å²) in [6.45, 7) is 6.84. The minimum atomic E-state index is -0.676. The number of hydrogen-bond donors (Lipinski definition) is 3. The van der Waals surface area contributed by atoms with E-state index >= 15 is 0 Å². The van der Waals surface area contributed by atoms with Crippen molar-refractivity contribution < 1.29 is 9.90 Å². The Labute approximate surface area is 104 Å². The molecule has 0 spiro atoms. The summed E-state index contributed by atoms with van der Waals surface area (Å²) in [7, 11) is 0. The fourth-order valence-electron chi connectivity index (χ4n) is 2.70. The first-order valence-corrected chi connectivity index (χ1v) is 6.82. The largest absolute Gasteiger partial charge is 0.480 e. The van der Waals surface area contributed by atoms with E-state index in [0.717, 1.165) is 51.7 Å². The van der Waals surface area contributed by atoms with Crippen LogP contribution >= 0.6 is 0 Å². The maximum absolute atomic E-state index is 11.5. The van der Waals surface area contributed by atoms with Crippen LogP contribution in [0, 0.1) is 5.92 Å². The standard InChI is InChI=1S/C13H26N2O2/c1-3-14-9-6-10-15-13(12(16)17)8-5-4-7-11(13)2/h11,14-15H,3-10H2,1-2H3,(H,16,17). The van der Waals surface area contributed by atoms with Gasteiger partial charge in [0.1, 0.15) is 5.54 Å². The van der Waals surface area contributed by atoms with E-state index < -0.39 is 11.5 Å². The molecule has 0 saturated heterocycles. The lowest BCUT2D eigenvalue weighted by atomic mass is 9.73. The quantitative estimate of drug-likeness (QED) is 0.594. The fourth-order valence-corrected chi connectivity index (χ4v) is 2.70. The second-order valence-corrected chi connectivity index (χ2v) is 5.06. The van der Waals surface area contributed by atoms with Crippen LogP contribution in [0.2, 0.25) is 0 Å². The first-order chi connectivity index (χ1) is 8.13. The van der Waals surface area contributed by atoms with Gasteiger partial charge in [-0.1, -0.05) is 26.7 Å². The predicted octanol–water partition coefficient (Wildman–Crippen LogP) is 1.61. The zero-order chi connectivity index (χ0) is 12.7. The molecule has 3 N–H and O–H groups in total. The summed E-state index contributed by atoms with van der Waals surface area (Å²) in [5, 5.41) is 16.0. The number of rotatable bonds is 7. The zero-order valence-corrected chi connectivity index (χ0v) is 11.1. The van der Waals surface area contributed by atoms with Crippen LogP contribution in [0.4, 0.5) is 0 Å². The third kappa shape index (κ3) is 3.68. The molecule has 1 fully saturated rings. The third-order valence-corrected chi connectivity index (χ3v) is 3.90. The number of carboxylic acids is 1. The van der Waals surface area contributed by atoms with E-state index in [0.29, 0.717) is 0 Å². The second kappa shape index (κ2) is 6.97. The molecule has 2 atom stereocenters. The highest BCUT2D eigenvalue weighted by atomic mass is 16.4. The molecule has 1 aliphatic rings. The molecule has 0 bridgehead atoms. The van der Waals surface area contributed by atoms with Crippen molar-refractivity contribution in [3.8, 4) is 0 Å². The third-order valence-electron chi connectivity index (χ3n) is 3.90. The molecule has 1 saturated carbocycles. The van der Waals surface area contributed by atoms with Gasteiger partial charge < -0.3 is 15.7 Å². The van der Waals surface area contributed by atoms with Crippen LogP contribution in [0.5, 0.6) is 0 Å². The second-order valence-electron chi connectivity index (χ2n) is 5.06. The van der Waals surface area contributed by atoms with Crippen molar-refractivity contribution in [3.63, 3.8) is 0 Å². The molecule has 100 valence electrons. The van der Waals surface area contributed by atoms with Crippen LogP contribution in [0.3, 0.4) is 0 Å². The van der Waals surface area contributed by atoms with Gasteiger partial charge in [0.05, 0.1) is 0 Å². The smallest absolute Gasteiger partial charge is 0.324 e. The summed E-state index contributed by atoms with van der Waals surface area (Å²) in [6.07, 6.45) is 4.96. The van der Waals surface area contributed by atoms with E-state index in [9.17, 15) is 9.90 Å². The molecular formula is C13H26N2O2. The van der Waals surface area contributed by atoms with Crippen LogP contribution < -0.4 is 10.6 Å². The topological polar surface area (TPSA) is 61.4 Å². The van der Waals surface area contributed by atoms with E-state index in [1.54, 1.807) is 0 Å². The molecule has 17 heavy (non-hydrogen) atoms. The molecule has 0 aromatic rings. The molecule has 4 heteroatoms. The molecule has 0 amide bonds. The molecule has 0 heterocycles. The molecule has 0 radical (unpaired) electrons. The Morgan fingerprint density at radius 1 is 1.41 bits per heavy atom. The van der Waals surface area contributed by atoms with Gasteiger partial charge in [0, 0.05) is 0 Å². The summed E-state index contributed by atoms with van der Waals surface area (Å²) < 4.78 is 0. The van der Waals surface area contributed by atoms with Crippen molar-refractivity contribution in [1.29, 1.82) is 0 Å². The molecular weight excluding hydrogens is 216 g/mol. The number of carbonyl (C=O) groups is 1. The monoisotopic (exact) mass is 242 g/mol. The Morgan fingerprint density at radius 2 is 2.18 bits per heavy atom. The molecule has 0 aromatic heterocycles. The maximum Gasteiger partial charge on any atom is 0.324 e. The summed E-state index contributed by atoms with van der Waals surface area (Å²) in [5.41, 5.74) is -0.676. The predicted molar refractivity (Wildman–Crippen MR) is 69.2 cm³/mol. The molecule has 0 aliphatic heterocycles. The fraction of sp³-hybridized carbons (Fsp3) is 0.923. The zero-order valence-electron chi connectivity index (χ0n) is 11.1. The molecule has 2 unspecified atom stereocenters. The molecule has 1 rings (SSSR count). The lowest BCUT2D eigenvalue weighted by molar-refractivity contribution is -0.149. The Kier molecular flexibility index (Phi) is 5.92. The number of hydrogen-bond acceptors (Lipinski definition) is 3. The molecule has 1 aliphatic carbocycles. The summed E-state index contributed by atoms with van der Waals surface area (Å²) in [5.74, 6) is -0.443. The van der Waals surface area contributed by atoms with Gasteiger partial charge in [-0.2, -0.15) is 0 Å². The Bertz CT molecular complexity index is 246. The van der Waals surface area contributed by atoms with Crippen molar-refractivity contribution >= 4 is 5.97 Å². The average molecular weight is 242 g/mol. The lowest BCUT2D eigenvalue weighted by Crippen LogP contribution is -2.58. The van der Waals surface area contributed by atoms with Crippen molar-refractivity contribution in [1.82, 2.24) is 10.6 Å². The lowest BCUT2D eigenvalue weighted by Gasteiger charge is -2.40. The summed E-state index contributed by atoms with van der Waals surface area (Å²) in [4.78, 5) is 11.5. The van der Waals surface area contributed by atoms with Crippen molar-refractivity contribution in [3.05, 3.63) is 0 Å². The van der Waals surface area contributed by atoms with Crippen LogP contribution in [-0.4, -0.2) is 36.2 Å². The Hall–Kier alpha value is -0.610. The highest BCUT2D eigenvalue weighted by Crippen LogP contribution is 2.33. The van der Waals surface area contributed by atoms with Crippen molar-refractivity contribution in [2.75, 3.05) is 19.6 Å². The first-order valence-electron chi connectivity index (χ1n) is 6.82. The minimum Gasteiger partial charge on any atom is -0.480 e. The number of nitrogens with one attached hydrogen (secondary N) is 2. The SMILES string of the molecule is CCNCCCNC1(C(=O)O)CCCCC1C. The number of carboxylic acid groups (broad SMARTS) is 1. The van der Waals surface area contributed by atoms with E-state index in [1.165, 1.54) is 0 Å². The van der Waals surface area contributed by atoms with Gasteiger partial charge in [0.15, 0.2) is 0 Å².